The van der Waals surface area contributed by atoms with Crippen molar-refractivity contribution in [1.82, 2.24) is 0 Å². The van der Waals surface area contributed by atoms with Gasteiger partial charge in [-0.05, 0) is 47.3 Å². The van der Waals surface area contributed by atoms with Gasteiger partial charge >= 0.3 is 0 Å². The summed E-state index contributed by atoms with van der Waals surface area (Å²) >= 11 is 0. The molecular weight excluding hydrogens is 254 g/mol. The second-order valence-corrected chi connectivity index (χ2v) is 8.09. The summed E-state index contributed by atoms with van der Waals surface area (Å²) in [7, 11) is 0. The Morgan fingerprint density at radius 1 is 1.10 bits per heavy atom. The summed E-state index contributed by atoms with van der Waals surface area (Å²) in [5.41, 5.74) is 3.88. The molecule has 3 rings (SSSR count). The minimum Gasteiger partial charge on any atom is -0.367 e. The van der Waals surface area contributed by atoms with Crippen molar-refractivity contribution in [3.8, 4) is 0 Å². The van der Waals surface area contributed by atoms with Gasteiger partial charge in [0.25, 0.3) is 0 Å². The maximum atomic E-state index is 2.72. The van der Waals surface area contributed by atoms with E-state index < -0.39 is 0 Å². The number of hydrogen-bond donors (Lipinski definition) is 0. The molecular formula is C20H31N. The molecule has 1 saturated carbocycles. The lowest BCUT2D eigenvalue weighted by Gasteiger charge is -2.37. The largest absolute Gasteiger partial charge is 0.367 e. The van der Waals surface area contributed by atoms with Crippen LogP contribution in [0.15, 0.2) is 24.3 Å². The lowest BCUT2D eigenvalue weighted by Crippen LogP contribution is -2.39. The third-order valence-corrected chi connectivity index (χ3v) is 6.54. The van der Waals surface area contributed by atoms with E-state index in [9.17, 15) is 0 Å². The number of nitrogens with zero attached hydrogens (tertiary/aromatic N) is 1. The molecule has 1 aromatic carbocycles. The summed E-state index contributed by atoms with van der Waals surface area (Å²) in [5, 5.41) is 0. The normalized spacial score (nSPS) is 33.7. The summed E-state index contributed by atoms with van der Waals surface area (Å²) < 4.78 is 0. The summed E-state index contributed by atoms with van der Waals surface area (Å²) in [5.74, 6) is 0.850. The maximum absolute atomic E-state index is 2.72. The maximum Gasteiger partial charge on any atom is 0.0406 e. The molecule has 3 atom stereocenters. The van der Waals surface area contributed by atoms with Crippen LogP contribution in [-0.4, -0.2) is 12.6 Å². The number of piperidine rings is 1. The number of fused-ring (bicyclic) bond motifs is 1. The molecule has 21 heavy (non-hydrogen) atoms. The Balaban J connectivity index is 1.86. The number of benzene rings is 1. The summed E-state index contributed by atoms with van der Waals surface area (Å²) in [6, 6.07) is 10.1. The van der Waals surface area contributed by atoms with Gasteiger partial charge < -0.3 is 4.90 Å². The Labute approximate surface area is 130 Å². The molecule has 0 N–H and O–H groups in total. The van der Waals surface area contributed by atoms with E-state index in [0.717, 1.165) is 12.0 Å². The Morgan fingerprint density at radius 2 is 1.76 bits per heavy atom. The number of hydrogen-bond acceptors (Lipinski definition) is 1. The number of anilines is 1. The molecule has 0 amide bonds. The van der Waals surface area contributed by atoms with Gasteiger partial charge in [-0.2, -0.15) is 0 Å². The van der Waals surface area contributed by atoms with Crippen molar-refractivity contribution in [1.29, 1.82) is 0 Å². The quantitative estimate of drug-likeness (QED) is 0.726. The molecule has 1 heteroatoms. The third-order valence-electron chi connectivity index (χ3n) is 6.54. The highest BCUT2D eigenvalue weighted by Crippen LogP contribution is 2.70. The molecule has 2 aliphatic rings. The molecule has 1 saturated heterocycles. The summed E-state index contributed by atoms with van der Waals surface area (Å²) in [6.45, 7) is 13.3. The van der Waals surface area contributed by atoms with Crippen molar-refractivity contribution >= 4 is 5.69 Å². The van der Waals surface area contributed by atoms with E-state index in [1.807, 2.05) is 0 Å². The van der Waals surface area contributed by atoms with Crippen LogP contribution in [0.3, 0.4) is 0 Å². The van der Waals surface area contributed by atoms with E-state index in [0.29, 0.717) is 10.8 Å². The van der Waals surface area contributed by atoms with E-state index in [1.54, 1.807) is 0 Å². The van der Waals surface area contributed by atoms with E-state index in [-0.39, 0.29) is 0 Å². The van der Waals surface area contributed by atoms with Gasteiger partial charge in [0.05, 0.1) is 0 Å². The summed E-state index contributed by atoms with van der Waals surface area (Å²) in [4.78, 5) is 2.72. The van der Waals surface area contributed by atoms with Gasteiger partial charge in [-0.25, -0.2) is 0 Å². The molecule has 0 spiro atoms. The van der Waals surface area contributed by atoms with Crippen LogP contribution >= 0.6 is 0 Å². The van der Waals surface area contributed by atoms with E-state index in [4.69, 9.17) is 0 Å². The lowest BCUT2D eigenvalue weighted by atomic mass is 9.84. The van der Waals surface area contributed by atoms with Crippen LogP contribution in [-0.2, 0) is 6.42 Å². The second kappa shape index (κ2) is 5.04. The molecule has 1 aliphatic carbocycles. The molecule has 1 heterocycles. The topological polar surface area (TPSA) is 3.24 Å². The molecule has 0 aromatic heterocycles. The average molecular weight is 285 g/mol. The highest BCUT2D eigenvalue weighted by atomic mass is 15.3. The Bertz CT molecular complexity index is 501. The zero-order valence-corrected chi connectivity index (χ0v) is 14.4. The predicted octanol–water partition coefficient (Wildman–Crippen LogP) is 5.29. The van der Waals surface area contributed by atoms with Gasteiger partial charge in [0, 0.05) is 18.3 Å². The van der Waals surface area contributed by atoms with Crippen molar-refractivity contribution < 1.29 is 0 Å². The monoisotopic (exact) mass is 285 g/mol. The van der Waals surface area contributed by atoms with Crippen LogP contribution in [0.4, 0.5) is 5.69 Å². The van der Waals surface area contributed by atoms with E-state index >= 15 is 0 Å². The first-order valence-electron chi connectivity index (χ1n) is 8.79. The minimum atomic E-state index is 0.457. The van der Waals surface area contributed by atoms with Gasteiger partial charge in [-0.3, -0.25) is 0 Å². The fourth-order valence-electron chi connectivity index (χ4n) is 4.86. The van der Waals surface area contributed by atoms with Crippen LogP contribution < -0.4 is 4.90 Å². The van der Waals surface area contributed by atoms with Gasteiger partial charge in [0.2, 0.25) is 0 Å². The molecule has 1 aliphatic heterocycles. The molecule has 0 bridgehead atoms. The molecule has 1 nitrogen and oxygen atoms in total. The fraction of sp³-hybridized carbons (Fsp3) is 0.700. The first kappa shape index (κ1) is 14.9. The van der Waals surface area contributed by atoms with Crippen molar-refractivity contribution in [2.24, 2.45) is 16.7 Å². The van der Waals surface area contributed by atoms with Crippen LogP contribution in [0.5, 0.6) is 0 Å². The molecule has 2 fully saturated rings. The minimum absolute atomic E-state index is 0.457. The average Bonchev–Trinajstić information content (AvgIpc) is 2.92. The van der Waals surface area contributed by atoms with Crippen LogP contribution in [0.25, 0.3) is 0 Å². The van der Waals surface area contributed by atoms with Gasteiger partial charge in [-0.1, -0.05) is 59.6 Å². The number of rotatable bonds is 4. The van der Waals surface area contributed by atoms with Crippen LogP contribution in [0.2, 0.25) is 0 Å². The van der Waals surface area contributed by atoms with Crippen molar-refractivity contribution in [2.45, 2.75) is 66.3 Å². The van der Waals surface area contributed by atoms with Gasteiger partial charge in [0.15, 0.2) is 0 Å². The third kappa shape index (κ3) is 2.20. The molecule has 0 radical (unpaired) electrons. The van der Waals surface area contributed by atoms with Crippen molar-refractivity contribution in [2.75, 3.05) is 11.4 Å². The molecule has 116 valence electrons. The van der Waals surface area contributed by atoms with E-state index in [1.165, 1.54) is 43.5 Å². The molecule has 3 unspecified atom stereocenters. The Morgan fingerprint density at radius 3 is 2.33 bits per heavy atom. The van der Waals surface area contributed by atoms with Crippen molar-refractivity contribution in [3.63, 3.8) is 0 Å². The SMILES string of the molecule is CCCc1ccc(N2CC(CC)CC3(C)C2C3(C)C)cc1. The van der Waals surface area contributed by atoms with Gasteiger partial charge in [0.1, 0.15) is 0 Å². The van der Waals surface area contributed by atoms with Crippen LogP contribution in [0, 0.1) is 16.7 Å². The summed E-state index contributed by atoms with van der Waals surface area (Å²) in [6.07, 6.45) is 5.15. The highest BCUT2D eigenvalue weighted by molar-refractivity contribution is 5.54. The highest BCUT2D eigenvalue weighted by Gasteiger charge is 2.71. The molecule has 1 aromatic rings. The van der Waals surface area contributed by atoms with Crippen molar-refractivity contribution in [3.05, 3.63) is 29.8 Å². The Kier molecular flexibility index (Phi) is 3.58. The fourth-order valence-corrected chi connectivity index (χ4v) is 4.86. The first-order chi connectivity index (χ1) is 9.94. The standard InChI is InChI=1S/C20H31N/c1-6-8-16-9-11-17(12-10-16)21-14-15(7-2)13-20(5)18(21)19(20,3)4/h9-12,15,18H,6-8,13-14H2,1-5H3. The first-order valence-corrected chi connectivity index (χ1v) is 8.79. The second-order valence-electron chi connectivity index (χ2n) is 8.09. The predicted molar refractivity (Wildman–Crippen MR) is 91.9 cm³/mol. The van der Waals surface area contributed by atoms with Gasteiger partial charge in [-0.15, -0.1) is 0 Å². The lowest BCUT2D eigenvalue weighted by molar-refractivity contribution is 0.286. The zero-order valence-electron chi connectivity index (χ0n) is 14.4. The van der Waals surface area contributed by atoms with E-state index in [2.05, 4.69) is 63.8 Å². The number of aryl methyl sites for hydroxylation is 1. The Hall–Kier alpha value is -0.980. The zero-order chi connectivity index (χ0) is 15.3. The smallest absolute Gasteiger partial charge is 0.0406 e. The van der Waals surface area contributed by atoms with Crippen LogP contribution in [0.1, 0.15) is 59.4 Å².